The van der Waals surface area contributed by atoms with Gasteiger partial charge in [0.2, 0.25) is 0 Å². The third-order valence-electron chi connectivity index (χ3n) is 2.56. The first-order valence-electron chi connectivity index (χ1n) is 5.22. The van der Waals surface area contributed by atoms with E-state index in [4.69, 9.17) is 0 Å². The molecule has 0 heterocycles. The van der Waals surface area contributed by atoms with Gasteiger partial charge in [-0.3, -0.25) is 4.90 Å². The largest absolute Gasteiger partial charge is 0.285 e. The second kappa shape index (κ2) is 5.97. The van der Waals surface area contributed by atoms with E-state index in [9.17, 15) is 9.65 Å². The molecule has 0 fully saturated rings. The minimum atomic E-state index is -0.313. The molecule has 0 saturated carbocycles. The number of nitriles is 1. The van der Waals surface area contributed by atoms with Crippen LogP contribution < -0.4 is 0 Å². The maximum absolute atomic E-state index is 13.1. The van der Waals surface area contributed by atoms with Gasteiger partial charge in [0.25, 0.3) is 0 Å². The van der Waals surface area contributed by atoms with Gasteiger partial charge in [0, 0.05) is 0 Å². The van der Waals surface area contributed by atoms with Crippen LogP contribution in [-0.2, 0) is 0 Å². The lowest BCUT2D eigenvalue weighted by Gasteiger charge is -2.24. The van der Waals surface area contributed by atoms with Gasteiger partial charge < -0.3 is 0 Å². The molecule has 0 saturated heterocycles. The molecular formula is C12H14BrFN2. The lowest BCUT2D eigenvalue weighted by atomic mass is 10.1. The van der Waals surface area contributed by atoms with Gasteiger partial charge in [-0.1, -0.05) is 19.9 Å². The minimum absolute atomic E-state index is 0.306. The maximum atomic E-state index is 13.1. The van der Waals surface area contributed by atoms with E-state index in [-0.39, 0.29) is 11.9 Å². The molecule has 1 aromatic carbocycles. The number of benzene rings is 1. The standard InChI is InChI=1S/C12H14BrFN2/c1-3-16(4-2)12(8-15)9-5-6-11(14)10(13)7-9/h5-7,12H,3-4H2,1-2H3. The van der Waals surface area contributed by atoms with E-state index in [1.165, 1.54) is 6.07 Å². The van der Waals surface area contributed by atoms with Gasteiger partial charge in [0.1, 0.15) is 11.9 Å². The Morgan fingerprint density at radius 3 is 2.50 bits per heavy atom. The highest BCUT2D eigenvalue weighted by atomic mass is 79.9. The molecule has 0 aliphatic heterocycles. The maximum Gasteiger partial charge on any atom is 0.137 e. The number of nitrogens with zero attached hydrogens (tertiary/aromatic N) is 2. The fraction of sp³-hybridized carbons (Fsp3) is 0.417. The van der Waals surface area contributed by atoms with Crippen LogP contribution >= 0.6 is 15.9 Å². The molecule has 0 N–H and O–H groups in total. The molecule has 16 heavy (non-hydrogen) atoms. The summed E-state index contributed by atoms with van der Waals surface area (Å²) >= 11 is 3.13. The van der Waals surface area contributed by atoms with E-state index in [1.54, 1.807) is 12.1 Å². The van der Waals surface area contributed by atoms with Crippen molar-refractivity contribution < 1.29 is 4.39 Å². The number of halogens is 2. The minimum Gasteiger partial charge on any atom is -0.285 e. The smallest absolute Gasteiger partial charge is 0.137 e. The molecule has 1 unspecified atom stereocenters. The molecule has 0 aliphatic rings. The molecule has 1 atom stereocenters. The average molecular weight is 285 g/mol. The average Bonchev–Trinajstić information content (AvgIpc) is 2.29. The molecule has 0 amide bonds. The Bertz CT molecular complexity index is 396. The lowest BCUT2D eigenvalue weighted by Crippen LogP contribution is -2.27. The Kier molecular flexibility index (Phi) is 4.91. The molecule has 86 valence electrons. The topological polar surface area (TPSA) is 27.0 Å². The van der Waals surface area contributed by atoms with E-state index in [2.05, 4.69) is 22.0 Å². The van der Waals surface area contributed by atoms with Crippen molar-refractivity contribution in [1.29, 1.82) is 5.26 Å². The predicted octanol–water partition coefficient (Wildman–Crippen LogP) is 3.49. The van der Waals surface area contributed by atoms with Crippen LogP contribution in [0.5, 0.6) is 0 Å². The highest BCUT2D eigenvalue weighted by Gasteiger charge is 2.17. The van der Waals surface area contributed by atoms with Gasteiger partial charge >= 0.3 is 0 Å². The summed E-state index contributed by atoms with van der Waals surface area (Å²) < 4.78 is 13.5. The van der Waals surface area contributed by atoms with Crippen LogP contribution in [0.3, 0.4) is 0 Å². The first kappa shape index (κ1) is 13.1. The second-order valence-electron chi connectivity index (χ2n) is 3.43. The fourth-order valence-electron chi connectivity index (χ4n) is 1.64. The van der Waals surface area contributed by atoms with Crippen molar-refractivity contribution in [2.45, 2.75) is 19.9 Å². The van der Waals surface area contributed by atoms with Gasteiger partial charge in [-0.25, -0.2) is 4.39 Å². The van der Waals surface area contributed by atoms with Gasteiger partial charge in [0.05, 0.1) is 10.5 Å². The molecule has 1 rings (SSSR count). The highest BCUT2D eigenvalue weighted by molar-refractivity contribution is 9.10. The van der Waals surface area contributed by atoms with Crippen molar-refractivity contribution >= 4 is 15.9 Å². The van der Waals surface area contributed by atoms with E-state index >= 15 is 0 Å². The molecule has 0 bridgehead atoms. The van der Waals surface area contributed by atoms with Gasteiger partial charge in [-0.15, -0.1) is 0 Å². The van der Waals surface area contributed by atoms with Crippen molar-refractivity contribution in [3.05, 3.63) is 34.1 Å². The van der Waals surface area contributed by atoms with E-state index in [1.807, 2.05) is 18.7 Å². The number of hydrogen-bond donors (Lipinski definition) is 0. The zero-order chi connectivity index (χ0) is 12.1. The SMILES string of the molecule is CCN(CC)C(C#N)c1ccc(F)c(Br)c1. The van der Waals surface area contributed by atoms with E-state index < -0.39 is 0 Å². The number of hydrogen-bond acceptors (Lipinski definition) is 2. The predicted molar refractivity (Wildman–Crippen MR) is 65.4 cm³/mol. The summed E-state index contributed by atoms with van der Waals surface area (Å²) in [5.74, 6) is -0.306. The van der Waals surface area contributed by atoms with E-state index in [0.717, 1.165) is 18.7 Å². The van der Waals surface area contributed by atoms with Gasteiger partial charge in [0.15, 0.2) is 0 Å². The van der Waals surface area contributed by atoms with Crippen LogP contribution in [0.1, 0.15) is 25.5 Å². The quantitative estimate of drug-likeness (QED) is 0.846. The van der Waals surface area contributed by atoms with Crippen LogP contribution in [0.15, 0.2) is 22.7 Å². The Labute approximate surface area is 104 Å². The molecule has 0 radical (unpaired) electrons. The van der Waals surface area contributed by atoms with Gasteiger partial charge in [-0.2, -0.15) is 5.26 Å². The third-order valence-corrected chi connectivity index (χ3v) is 3.17. The lowest BCUT2D eigenvalue weighted by molar-refractivity contribution is 0.262. The number of rotatable bonds is 4. The van der Waals surface area contributed by atoms with Crippen LogP contribution in [0.2, 0.25) is 0 Å². The Balaban J connectivity index is 3.05. The third kappa shape index (κ3) is 2.81. The zero-order valence-electron chi connectivity index (χ0n) is 9.37. The second-order valence-corrected chi connectivity index (χ2v) is 4.28. The van der Waals surface area contributed by atoms with Crippen LogP contribution in [0.4, 0.5) is 4.39 Å². The zero-order valence-corrected chi connectivity index (χ0v) is 11.0. The van der Waals surface area contributed by atoms with E-state index in [0.29, 0.717) is 4.47 Å². The molecule has 1 aromatic rings. The molecule has 2 nitrogen and oxygen atoms in total. The van der Waals surface area contributed by atoms with Crippen LogP contribution in [0, 0.1) is 17.1 Å². The highest BCUT2D eigenvalue weighted by Crippen LogP contribution is 2.24. The first-order valence-corrected chi connectivity index (χ1v) is 6.01. The molecule has 0 aromatic heterocycles. The van der Waals surface area contributed by atoms with Crippen molar-refractivity contribution in [3.8, 4) is 6.07 Å². The fourth-order valence-corrected chi connectivity index (χ4v) is 2.03. The van der Waals surface area contributed by atoms with Crippen LogP contribution in [-0.4, -0.2) is 18.0 Å². The molecule has 4 heteroatoms. The normalized spacial score (nSPS) is 12.5. The summed E-state index contributed by atoms with van der Waals surface area (Å²) in [6.45, 7) is 5.60. The Hall–Kier alpha value is -0.920. The summed E-state index contributed by atoms with van der Waals surface area (Å²) in [5.41, 5.74) is 0.819. The first-order chi connectivity index (χ1) is 7.63. The summed E-state index contributed by atoms with van der Waals surface area (Å²) in [6.07, 6.45) is 0. The molecular weight excluding hydrogens is 271 g/mol. The monoisotopic (exact) mass is 284 g/mol. The molecule has 0 spiro atoms. The van der Waals surface area contributed by atoms with Crippen molar-refractivity contribution in [2.24, 2.45) is 0 Å². The van der Waals surface area contributed by atoms with Gasteiger partial charge in [-0.05, 0) is 46.7 Å². The molecule has 0 aliphatic carbocycles. The summed E-state index contributed by atoms with van der Waals surface area (Å²) in [5, 5.41) is 9.17. The Morgan fingerprint density at radius 1 is 1.44 bits per heavy atom. The summed E-state index contributed by atoms with van der Waals surface area (Å²) in [4.78, 5) is 2.03. The van der Waals surface area contributed by atoms with Crippen LogP contribution in [0.25, 0.3) is 0 Å². The summed E-state index contributed by atoms with van der Waals surface area (Å²) in [7, 11) is 0. The van der Waals surface area contributed by atoms with Crippen molar-refractivity contribution in [3.63, 3.8) is 0 Å². The van der Waals surface area contributed by atoms with Crippen molar-refractivity contribution in [2.75, 3.05) is 13.1 Å². The van der Waals surface area contributed by atoms with Crippen molar-refractivity contribution in [1.82, 2.24) is 4.90 Å². The summed E-state index contributed by atoms with van der Waals surface area (Å²) in [6, 6.07) is 6.65. The Morgan fingerprint density at radius 2 is 2.06 bits per heavy atom.